The normalized spacial score (nSPS) is 13.2. The highest BCUT2D eigenvalue weighted by molar-refractivity contribution is 5.40. The van der Waals surface area contributed by atoms with Gasteiger partial charge in [-0.05, 0) is 61.6 Å². The first-order valence-corrected chi connectivity index (χ1v) is 7.73. The predicted molar refractivity (Wildman–Crippen MR) is 84.9 cm³/mol. The van der Waals surface area contributed by atoms with E-state index in [2.05, 4.69) is 35.4 Å². The molecule has 1 aliphatic carbocycles. The average molecular weight is 282 g/mol. The molecule has 0 atom stereocenters. The van der Waals surface area contributed by atoms with Crippen LogP contribution in [0.25, 0.3) is 0 Å². The van der Waals surface area contributed by atoms with E-state index in [9.17, 15) is 0 Å². The lowest BCUT2D eigenvalue weighted by atomic mass is 10.1. The topological polar surface area (TPSA) is 34.1 Å². The Labute approximate surface area is 126 Å². The number of rotatable bonds is 5. The summed E-state index contributed by atoms with van der Waals surface area (Å²) in [5.74, 6) is 1.56. The van der Waals surface area contributed by atoms with Gasteiger partial charge in [-0.3, -0.25) is 0 Å². The Hall–Kier alpha value is -1.87. The molecule has 3 heteroatoms. The SMILES string of the molecule is CCNCc1ccc(Oc2ccc3c(c2)CCC3)nc1C. The molecule has 3 rings (SSSR count). The van der Waals surface area contributed by atoms with Gasteiger partial charge in [0.1, 0.15) is 5.75 Å². The second-order valence-electron chi connectivity index (χ2n) is 5.56. The number of aryl methyl sites for hydroxylation is 3. The van der Waals surface area contributed by atoms with Crippen molar-refractivity contribution in [3.63, 3.8) is 0 Å². The molecule has 1 aliphatic rings. The Morgan fingerprint density at radius 3 is 2.81 bits per heavy atom. The molecule has 0 unspecified atom stereocenters. The Bertz CT molecular complexity index is 637. The van der Waals surface area contributed by atoms with E-state index in [1.807, 2.05) is 19.1 Å². The summed E-state index contributed by atoms with van der Waals surface area (Å²) in [6, 6.07) is 10.4. The van der Waals surface area contributed by atoms with E-state index in [0.717, 1.165) is 24.5 Å². The molecule has 0 saturated heterocycles. The van der Waals surface area contributed by atoms with E-state index in [1.54, 1.807) is 0 Å². The summed E-state index contributed by atoms with van der Waals surface area (Å²) in [6.45, 7) is 5.96. The molecule has 3 nitrogen and oxygen atoms in total. The van der Waals surface area contributed by atoms with Gasteiger partial charge in [-0.15, -0.1) is 0 Å². The number of aromatic nitrogens is 1. The fourth-order valence-electron chi connectivity index (χ4n) is 2.80. The molecule has 0 radical (unpaired) electrons. The second-order valence-corrected chi connectivity index (χ2v) is 5.56. The quantitative estimate of drug-likeness (QED) is 0.906. The molecule has 1 aromatic carbocycles. The largest absolute Gasteiger partial charge is 0.439 e. The third-order valence-corrected chi connectivity index (χ3v) is 4.03. The molecular formula is C18H22N2O. The van der Waals surface area contributed by atoms with Gasteiger partial charge >= 0.3 is 0 Å². The van der Waals surface area contributed by atoms with Crippen LogP contribution in [-0.2, 0) is 19.4 Å². The minimum atomic E-state index is 0.672. The van der Waals surface area contributed by atoms with E-state index in [-0.39, 0.29) is 0 Å². The van der Waals surface area contributed by atoms with Crippen LogP contribution in [0.4, 0.5) is 0 Å². The highest BCUT2D eigenvalue weighted by atomic mass is 16.5. The van der Waals surface area contributed by atoms with Gasteiger partial charge in [-0.25, -0.2) is 4.98 Å². The summed E-state index contributed by atoms with van der Waals surface area (Å²) in [5, 5.41) is 3.32. The van der Waals surface area contributed by atoms with E-state index < -0.39 is 0 Å². The molecule has 0 spiro atoms. The fourth-order valence-corrected chi connectivity index (χ4v) is 2.80. The summed E-state index contributed by atoms with van der Waals surface area (Å²) in [5.41, 5.74) is 5.13. The lowest BCUT2D eigenvalue weighted by molar-refractivity contribution is 0.460. The zero-order chi connectivity index (χ0) is 14.7. The molecule has 0 aliphatic heterocycles. The van der Waals surface area contributed by atoms with Crippen molar-refractivity contribution in [1.82, 2.24) is 10.3 Å². The number of nitrogens with one attached hydrogen (secondary N) is 1. The van der Waals surface area contributed by atoms with Gasteiger partial charge in [0.2, 0.25) is 5.88 Å². The molecule has 110 valence electrons. The Morgan fingerprint density at radius 2 is 2.00 bits per heavy atom. The van der Waals surface area contributed by atoms with Crippen LogP contribution in [0.2, 0.25) is 0 Å². The predicted octanol–water partition coefficient (Wildman–Crippen LogP) is 3.78. The maximum Gasteiger partial charge on any atom is 0.219 e. The molecule has 0 saturated carbocycles. The number of ether oxygens (including phenoxy) is 1. The van der Waals surface area contributed by atoms with E-state index in [0.29, 0.717) is 5.88 Å². The maximum atomic E-state index is 5.91. The standard InChI is InChI=1S/C18H22N2O/c1-3-19-12-16-8-10-18(20-13(16)2)21-17-9-7-14-5-4-6-15(14)11-17/h7-11,19H,3-6,12H2,1-2H3. The lowest BCUT2D eigenvalue weighted by Crippen LogP contribution is -2.13. The average Bonchev–Trinajstić information content (AvgIpc) is 2.94. The van der Waals surface area contributed by atoms with Crippen molar-refractivity contribution in [3.05, 3.63) is 52.7 Å². The summed E-state index contributed by atoms with van der Waals surface area (Å²) in [6.07, 6.45) is 3.63. The van der Waals surface area contributed by atoms with Crippen LogP contribution in [0.1, 0.15) is 35.7 Å². The van der Waals surface area contributed by atoms with Crippen LogP contribution in [0.5, 0.6) is 11.6 Å². The molecule has 0 fully saturated rings. The molecular weight excluding hydrogens is 260 g/mol. The third-order valence-electron chi connectivity index (χ3n) is 4.03. The minimum Gasteiger partial charge on any atom is -0.439 e. The van der Waals surface area contributed by atoms with Crippen LogP contribution >= 0.6 is 0 Å². The van der Waals surface area contributed by atoms with Crippen molar-refractivity contribution in [3.8, 4) is 11.6 Å². The summed E-state index contributed by atoms with van der Waals surface area (Å²) in [4.78, 5) is 4.55. The number of hydrogen-bond donors (Lipinski definition) is 1. The van der Waals surface area contributed by atoms with Crippen molar-refractivity contribution in [2.45, 2.75) is 39.7 Å². The molecule has 21 heavy (non-hydrogen) atoms. The van der Waals surface area contributed by atoms with Gasteiger partial charge in [0.15, 0.2) is 0 Å². The highest BCUT2D eigenvalue weighted by Gasteiger charge is 2.12. The molecule has 0 bridgehead atoms. The van der Waals surface area contributed by atoms with Gasteiger partial charge in [0, 0.05) is 18.3 Å². The van der Waals surface area contributed by atoms with Gasteiger partial charge in [-0.2, -0.15) is 0 Å². The summed E-state index contributed by atoms with van der Waals surface area (Å²) >= 11 is 0. The number of fused-ring (bicyclic) bond motifs is 1. The summed E-state index contributed by atoms with van der Waals surface area (Å²) < 4.78 is 5.91. The molecule has 1 heterocycles. The van der Waals surface area contributed by atoms with Crippen molar-refractivity contribution >= 4 is 0 Å². The van der Waals surface area contributed by atoms with Crippen LogP contribution in [0, 0.1) is 6.92 Å². The minimum absolute atomic E-state index is 0.672. The number of hydrogen-bond acceptors (Lipinski definition) is 3. The first-order chi connectivity index (χ1) is 10.3. The number of pyridine rings is 1. The van der Waals surface area contributed by atoms with Crippen LogP contribution in [0.3, 0.4) is 0 Å². The first kappa shape index (κ1) is 14.1. The Kier molecular flexibility index (Phi) is 4.20. The lowest BCUT2D eigenvalue weighted by Gasteiger charge is -2.10. The molecule has 2 aromatic rings. The van der Waals surface area contributed by atoms with Crippen LogP contribution in [-0.4, -0.2) is 11.5 Å². The summed E-state index contributed by atoms with van der Waals surface area (Å²) in [7, 11) is 0. The monoisotopic (exact) mass is 282 g/mol. The van der Waals surface area contributed by atoms with Gasteiger partial charge in [-0.1, -0.05) is 19.1 Å². The van der Waals surface area contributed by atoms with Crippen molar-refractivity contribution in [2.75, 3.05) is 6.54 Å². The van der Waals surface area contributed by atoms with Crippen LogP contribution < -0.4 is 10.1 Å². The molecule has 1 N–H and O–H groups in total. The van der Waals surface area contributed by atoms with Crippen molar-refractivity contribution in [1.29, 1.82) is 0 Å². The second kappa shape index (κ2) is 6.27. The zero-order valence-corrected chi connectivity index (χ0v) is 12.8. The van der Waals surface area contributed by atoms with E-state index in [4.69, 9.17) is 4.74 Å². The number of nitrogens with zero attached hydrogens (tertiary/aromatic N) is 1. The zero-order valence-electron chi connectivity index (χ0n) is 12.8. The Balaban J connectivity index is 1.74. The van der Waals surface area contributed by atoms with Gasteiger partial charge in [0.25, 0.3) is 0 Å². The highest BCUT2D eigenvalue weighted by Crippen LogP contribution is 2.28. The fraction of sp³-hybridized carbons (Fsp3) is 0.389. The maximum absolute atomic E-state index is 5.91. The molecule has 1 aromatic heterocycles. The van der Waals surface area contributed by atoms with Crippen LogP contribution in [0.15, 0.2) is 30.3 Å². The van der Waals surface area contributed by atoms with E-state index >= 15 is 0 Å². The van der Waals surface area contributed by atoms with Gasteiger partial charge in [0.05, 0.1) is 0 Å². The number of benzene rings is 1. The van der Waals surface area contributed by atoms with Crippen molar-refractivity contribution < 1.29 is 4.74 Å². The van der Waals surface area contributed by atoms with Gasteiger partial charge < -0.3 is 10.1 Å². The van der Waals surface area contributed by atoms with E-state index in [1.165, 1.54) is 36.0 Å². The van der Waals surface area contributed by atoms with Crippen molar-refractivity contribution in [2.24, 2.45) is 0 Å². The Morgan fingerprint density at radius 1 is 1.14 bits per heavy atom. The first-order valence-electron chi connectivity index (χ1n) is 7.73. The smallest absolute Gasteiger partial charge is 0.219 e. The third kappa shape index (κ3) is 3.24. The molecule has 0 amide bonds.